The van der Waals surface area contributed by atoms with E-state index in [1.807, 2.05) is 47.8 Å². The molecule has 2 N–H and O–H groups in total. The second-order valence-electron chi connectivity index (χ2n) is 7.31. The molecule has 4 aromatic rings. The van der Waals surface area contributed by atoms with Crippen LogP contribution in [0.1, 0.15) is 12.5 Å². The Morgan fingerprint density at radius 2 is 2.03 bits per heavy atom. The first-order chi connectivity index (χ1) is 14.4. The zero-order valence-corrected chi connectivity index (χ0v) is 18.5. The number of thiophene rings is 1. The molecule has 8 heteroatoms. The number of ether oxygens (including phenoxy) is 1. The van der Waals surface area contributed by atoms with Crippen LogP contribution in [-0.4, -0.2) is 29.0 Å². The summed E-state index contributed by atoms with van der Waals surface area (Å²) in [6.45, 7) is 2.78. The van der Waals surface area contributed by atoms with Crippen LogP contribution in [0.25, 0.3) is 21.5 Å². The molecule has 0 amide bonds. The molecule has 2 heterocycles. The molecule has 0 bridgehead atoms. The van der Waals surface area contributed by atoms with Crippen LogP contribution in [0.3, 0.4) is 0 Å². The third-order valence-electron chi connectivity index (χ3n) is 4.56. The van der Waals surface area contributed by atoms with Gasteiger partial charge in [-0.15, -0.1) is 11.3 Å². The van der Waals surface area contributed by atoms with Crippen LogP contribution in [0, 0.1) is 0 Å². The molecule has 5 nitrogen and oxygen atoms in total. The van der Waals surface area contributed by atoms with Crippen molar-refractivity contribution in [2.75, 3.05) is 13.2 Å². The molecule has 0 saturated heterocycles. The maximum absolute atomic E-state index is 10.7. The van der Waals surface area contributed by atoms with E-state index in [0.717, 1.165) is 27.1 Å². The fraction of sp³-hybridized carbons (Fsp3) is 0.227. The zero-order valence-electron chi connectivity index (χ0n) is 16.2. The van der Waals surface area contributed by atoms with Crippen LogP contribution < -0.4 is 10.1 Å². The lowest BCUT2D eigenvalue weighted by Gasteiger charge is -2.24. The number of fused-ring (bicyclic) bond motifs is 1. The van der Waals surface area contributed by atoms with E-state index in [9.17, 15) is 5.11 Å². The highest BCUT2D eigenvalue weighted by Gasteiger charge is 2.21. The first-order valence-corrected chi connectivity index (χ1v) is 11.0. The fourth-order valence-corrected chi connectivity index (χ4v) is 4.15. The molecular formula is C22H20Cl2N2O3S. The average Bonchev–Trinajstić information content (AvgIpc) is 3.33. The summed E-state index contributed by atoms with van der Waals surface area (Å²) in [5.41, 5.74) is 2.41. The van der Waals surface area contributed by atoms with Crippen LogP contribution in [0.2, 0.25) is 10.0 Å². The molecule has 0 aliphatic carbocycles. The van der Waals surface area contributed by atoms with Crippen LogP contribution in [-0.2, 0) is 6.54 Å². The maximum atomic E-state index is 10.7. The van der Waals surface area contributed by atoms with Crippen molar-refractivity contribution in [1.82, 2.24) is 10.5 Å². The highest BCUT2D eigenvalue weighted by molar-refractivity contribution is 7.17. The monoisotopic (exact) mass is 462 g/mol. The van der Waals surface area contributed by atoms with Gasteiger partial charge in [-0.25, -0.2) is 0 Å². The zero-order chi connectivity index (χ0) is 21.1. The lowest BCUT2D eigenvalue weighted by molar-refractivity contribution is 0.0121. The molecule has 2 aromatic carbocycles. The summed E-state index contributed by atoms with van der Waals surface area (Å²) in [5.74, 6) is 0.657. The Morgan fingerprint density at radius 3 is 2.87 bits per heavy atom. The van der Waals surface area contributed by atoms with E-state index >= 15 is 0 Å². The lowest BCUT2D eigenvalue weighted by Crippen LogP contribution is -2.42. The van der Waals surface area contributed by atoms with E-state index in [1.165, 1.54) is 0 Å². The molecular weight excluding hydrogens is 443 g/mol. The molecule has 0 unspecified atom stereocenters. The molecule has 4 rings (SSSR count). The predicted octanol–water partition coefficient (Wildman–Crippen LogP) is 5.78. The summed E-state index contributed by atoms with van der Waals surface area (Å²) in [6, 6.07) is 15.0. The van der Waals surface area contributed by atoms with Crippen molar-refractivity contribution in [2.24, 2.45) is 0 Å². The molecule has 0 fully saturated rings. The molecule has 30 heavy (non-hydrogen) atoms. The van der Waals surface area contributed by atoms with Gasteiger partial charge < -0.3 is 19.7 Å². The van der Waals surface area contributed by atoms with Gasteiger partial charge in [-0.1, -0.05) is 46.6 Å². The summed E-state index contributed by atoms with van der Waals surface area (Å²) < 4.78 is 12.2. The lowest BCUT2D eigenvalue weighted by atomic mass is 10.1. The van der Waals surface area contributed by atoms with Crippen molar-refractivity contribution in [2.45, 2.75) is 19.1 Å². The smallest absolute Gasteiger partial charge is 0.178 e. The summed E-state index contributed by atoms with van der Waals surface area (Å²) in [4.78, 5) is 0. The Kier molecular flexibility index (Phi) is 6.32. The summed E-state index contributed by atoms with van der Waals surface area (Å²) in [7, 11) is 0. The van der Waals surface area contributed by atoms with Gasteiger partial charge in [-0.2, -0.15) is 0 Å². The van der Waals surface area contributed by atoms with Crippen molar-refractivity contribution in [3.8, 4) is 17.0 Å². The minimum Gasteiger partial charge on any atom is -0.491 e. The number of benzene rings is 2. The number of aliphatic hydroxyl groups is 1. The number of hydrogen-bond donors (Lipinski definition) is 2. The molecule has 0 radical (unpaired) electrons. The number of aromatic nitrogens is 1. The van der Waals surface area contributed by atoms with Crippen molar-refractivity contribution in [3.63, 3.8) is 0 Å². The molecule has 156 valence electrons. The summed E-state index contributed by atoms with van der Waals surface area (Å²) in [6.07, 6.45) is 0. The van der Waals surface area contributed by atoms with Gasteiger partial charge >= 0.3 is 0 Å². The van der Waals surface area contributed by atoms with Gasteiger partial charge in [0.25, 0.3) is 0 Å². The van der Waals surface area contributed by atoms with E-state index in [2.05, 4.69) is 10.5 Å². The predicted molar refractivity (Wildman–Crippen MR) is 122 cm³/mol. The van der Waals surface area contributed by atoms with Gasteiger partial charge in [-0.05, 0) is 48.2 Å². The molecule has 0 saturated carbocycles. The van der Waals surface area contributed by atoms with Gasteiger partial charge in [0.05, 0.1) is 10.0 Å². The largest absolute Gasteiger partial charge is 0.491 e. The van der Waals surface area contributed by atoms with E-state index in [-0.39, 0.29) is 6.61 Å². The Balaban J connectivity index is 1.34. The fourth-order valence-electron chi connectivity index (χ4n) is 3.01. The molecule has 2 aromatic heterocycles. The topological polar surface area (TPSA) is 67.5 Å². The Hall–Kier alpha value is -2.09. The minimum atomic E-state index is -1.05. The number of rotatable bonds is 8. The van der Waals surface area contributed by atoms with Gasteiger partial charge in [0.1, 0.15) is 28.4 Å². The van der Waals surface area contributed by atoms with Crippen LogP contribution in [0.5, 0.6) is 5.75 Å². The van der Waals surface area contributed by atoms with Crippen molar-refractivity contribution in [1.29, 1.82) is 0 Å². The van der Waals surface area contributed by atoms with Crippen LogP contribution >= 0.6 is 34.5 Å². The quantitative estimate of drug-likeness (QED) is 0.347. The van der Waals surface area contributed by atoms with Crippen molar-refractivity contribution >= 4 is 44.8 Å². The first kappa shape index (κ1) is 21.2. The van der Waals surface area contributed by atoms with Crippen molar-refractivity contribution < 1.29 is 14.4 Å². The molecule has 0 spiro atoms. The van der Waals surface area contributed by atoms with Crippen LogP contribution in [0.4, 0.5) is 0 Å². The van der Waals surface area contributed by atoms with Crippen molar-refractivity contribution in [3.05, 3.63) is 69.5 Å². The Bertz CT molecular complexity index is 1160. The normalized spacial score (nSPS) is 13.5. The Labute approximate surface area is 188 Å². The highest BCUT2D eigenvalue weighted by atomic mass is 35.5. The van der Waals surface area contributed by atoms with Gasteiger partial charge in [0, 0.05) is 18.7 Å². The second kappa shape index (κ2) is 8.96. The summed E-state index contributed by atoms with van der Waals surface area (Å²) in [5, 5.41) is 21.0. The second-order valence-corrected chi connectivity index (χ2v) is 9.04. The van der Waals surface area contributed by atoms with Crippen LogP contribution in [0.15, 0.2) is 58.4 Å². The number of nitrogens with one attached hydrogen (secondary N) is 1. The highest BCUT2D eigenvalue weighted by Crippen LogP contribution is 2.33. The Morgan fingerprint density at radius 1 is 1.17 bits per heavy atom. The third kappa shape index (κ3) is 4.96. The van der Waals surface area contributed by atoms with E-state index in [4.69, 9.17) is 32.5 Å². The minimum absolute atomic E-state index is 0.137. The molecule has 0 aliphatic rings. The van der Waals surface area contributed by atoms with Gasteiger partial charge in [0.2, 0.25) is 0 Å². The standard InChI is InChI=1S/C22H20Cl2N2O3S/c1-22(27,12-25-11-14-5-6-17(23)18(24)9-14)13-28-16-4-2-3-15(10-16)20-21-19(29-26-20)7-8-30-21/h2-10,25,27H,11-13H2,1H3/t22-/m0/s1. The number of halogens is 2. The third-order valence-corrected chi connectivity index (χ3v) is 6.20. The molecule has 1 atom stereocenters. The maximum Gasteiger partial charge on any atom is 0.178 e. The number of nitrogens with zero attached hydrogens (tertiary/aromatic N) is 1. The number of hydrogen-bond acceptors (Lipinski definition) is 6. The molecule has 0 aliphatic heterocycles. The van der Waals surface area contributed by atoms with E-state index in [1.54, 1.807) is 24.3 Å². The summed E-state index contributed by atoms with van der Waals surface area (Å²) >= 11 is 13.6. The van der Waals surface area contributed by atoms with E-state index in [0.29, 0.717) is 28.9 Å². The van der Waals surface area contributed by atoms with E-state index < -0.39 is 5.60 Å². The van der Waals surface area contributed by atoms with Gasteiger partial charge in [0.15, 0.2) is 5.58 Å². The first-order valence-electron chi connectivity index (χ1n) is 9.34. The average molecular weight is 463 g/mol. The SMILES string of the molecule is C[C@](O)(CNCc1ccc(Cl)c(Cl)c1)COc1cccc(-c2noc3ccsc23)c1. The van der Waals surface area contributed by atoms with Gasteiger partial charge in [-0.3, -0.25) is 0 Å².